The Labute approximate surface area is 203 Å². The van der Waals surface area contributed by atoms with E-state index in [1.54, 1.807) is 30.3 Å². The van der Waals surface area contributed by atoms with Crippen molar-refractivity contribution in [2.24, 2.45) is 0 Å². The molecule has 4 nitrogen and oxygen atoms in total. The van der Waals surface area contributed by atoms with Crippen molar-refractivity contribution in [3.8, 4) is 5.69 Å². The summed E-state index contributed by atoms with van der Waals surface area (Å²) in [5, 5.41) is 9.13. The third-order valence-corrected chi connectivity index (χ3v) is 5.84. The minimum absolute atomic E-state index is 0.0395. The van der Waals surface area contributed by atoms with Gasteiger partial charge in [-0.3, -0.25) is 9.36 Å². The van der Waals surface area contributed by atoms with Crippen LogP contribution in [0.1, 0.15) is 17.0 Å². The first-order valence-corrected chi connectivity index (χ1v) is 10.5. The van der Waals surface area contributed by atoms with Gasteiger partial charge in [-0.2, -0.15) is 26.3 Å². The highest BCUT2D eigenvalue weighted by atomic mass is 35.5. The van der Waals surface area contributed by atoms with E-state index in [4.69, 9.17) is 11.6 Å². The molecule has 1 heterocycles. The van der Waals surface area contributed by atoms with Crippen LogP contribution in [0.15, 0.2) is 71.5 Å². The van der Waals surface area contributed by atoms with Crippen LogP contribution in [0.3, 0.4) is 0 Å². The van der Waals surface area contributed by atoms with Crippen molar-refractivity contribution in [3.63, 3.8) is 0 Å². The molecule has 0 saturated carbocycles. The summed E-state index contributed by atoms with van der Waals surface area (Å²) >= 11 is 5.81. The van der Waals surface area contributed by atoms with Gasteiger partial charge < -0.3 is 5.11 Å². The summed E-state index contributed by atoms with van der Waals surface area (Å²) < 4.78 is 94.5. The van der Waals surface area contributed by atoms with Crippen molar-refractivity contribution < 1.29 is 35.8 Å². The maximum absolute atomic E-state index is 14.1. The van der Waals surface area contributed by atoms with Gasteiger partial charge in [0.15, 0.2) is 0 Å². The molecule has 188 valence electrons. The monoisotopic (exact) mass is 530 g/mol. The Kier molecular flexibility index (Phi) is 6.34. The molecule has 36 heavy (non-hydrogen) atoms. The molecular formula is C24H14ClF7N2O2. The van der Waals surface area contributed by atoms with E-state index in [-0.39, 0.29) is 33.9 Å². The lowest BCUT2D eigenvalue weighted by Crippen LogP contribution is -2.53. The lowest BCUT2D eigenvalue weighted by atomic mass is 9.92. The highest BCUT2D eigenvalue weighted by Crippen LogP contribution is 2.50. The molecule has 0 fully saturated rings. The fourth-order valence-electron chi connectivity index (χ4n) is 3.73. The third kappa shape index (κ3) is 4.33. The van der Waals surface area contributed by atoms with Crippen LogP contribution in [0, 0.1) is 5.82 Å². The first-order chi connectivity index (χ1) is 16.7. The zero-order chi connectivity index (χ0) is 26.5. The predicted molar refractivity (Wildman–Crippen MR) is 118 cm³/mol. The van der Waals surface area contributed by atoms with Crippen molar-refractivity contribution in [2.75, 3.05) is 0 Å². The topological polar surface area (TPSA) is 55.1 Å². The molecule has 0 amide bonds. The molecule has 0 spiro atoms. The Morgan fingerprint density at radius 1 is 0.889 bits per heavy atom. The molecule has 12 heteroatoms. The zero-order valence-electron chi connectivity index (χ0n) is 17.8. The number of halogens is 8. The number of fused-ring (bicyclic) bond motifs is 1. The summed E-state index contributed by atoms with van der Waals surface area (Å²) in [6.07, 6.45) is -12.1. The van der Waals surface area contributed by atoms with Gasteiger partial charge in [0.1, 0.15) is 11.6 Å². The van der Waals surface area contributed by atoms with Crippen LogP contribution in [-0.2, 0) is 12.0 Å². The van der Waals surface area contributed by atoms with Gasteiger partial charge in [0, 0.05) is 12.0 Å². The van der Waals surface area contributed by atoms with Crippen LogP contribution >= 0.6 is 11.6 Å². The number of hydrogen-bond donors (Lipinski definition) is 1. The van der Waals surface area contributed by atoms with Crippen LogP contribution in [0.25, 0.3) is 16.6 Å². The van der Waals surface area contributed by atoms with E-state index < -0.39 is 34.9 Å². The second-order valence-electron chi connectivity index (χ2n) is 7.87. The highest BCUT2D eigenvalue weighted by molar-refractivity contribution is 6.31. The zero-order valence-corrected chi connectivity index (χ0v) is 18.6. The summed E-state index contributed by atoms with van der Waals surface area (Å²) in [6, 6.07) is 13.1. The molecule has 4 rings (SSSR count). The number of aromatic nitrogens is 2. The van der Waals surface area contributed by atoms with E-state index in [1.807, 2.05) is 0 Å². The molecule has 1 aromatic heterocycles. The molecule has 0 bridgehead atoms. The van der Waals surface area contributed by atoms with Gasteiger partial charge in [-0.05, 0) is 29.8 Å². The number of hydrogen-bond acceptors (Lipinski definition) is 3. The molecule has 0 atom stereocenters. The molecule has 1 N–H and O–H groups in total. The van der Waals surface area contributed by atoms with Gasteiger partial charge in [-0.15, -0.1) is 0 Å². The van der Waals surface area contributed by atoms with Crippen molar-refractivity contribution in [1.29, 1.82) is 0 Å². The molecule has 0 aliphatic carbocycles. The van der Waals surface area contributed by atoms with Gasteiger partial charge >= 0.3 is 12.4 Å². The maximum Gasteiger partial charge on any atom is 0.430 e. The second-order valence-corrected chi connectivity index (χ2v) is 8.27. The van der Waals surface area contributed by atoms with E-state index >= 15 is 0 Å². The Balaban J connectivity index is 1.93. The SMILES string of the molecule is O=c1c2cc(F)c(Cl)cc2nc(Cc2ccccc2)n1-c1ccc(C(O)(C(F)(F)F)C(F)(F)F)cc1. The molecule has 0 saturated heterocycles. The number of alkyl halides is 6. The Bertz CT molecular complexity index is 1470. The van der Waals surface area contributed by atoms with Crippen molar-refractivity contribution >= 4 is 22.5 Å². The van der Waals surface area contributed by atoms with Crippen molar-refractivity contribution in [2.45, 2.75) is 24.4 Å². The number of aliphatic hydroxyl groups is 1. The fraction of sp³-hybridized carbons (Fsp3) is 0.167. The predicted octanol–water partition coefficient (Wildman–Crippen LogP) is 6.08. The van der Waals surface area contributed by atoms with Crippen LogP contribution in [-0.4, -0.2) is 27.0 Å². The van der Waals surface area contributed by atoms with E-state index in [9.17, 15) is 40.6 Å². The minimum Gasteiger partial charge on any atom is -0.369 e. The quantitative estimate of drug-likeness (QED) is 0.325. The average Bonchev–Trinajstić information content (AvgIpc) is 2.80. The molecule has 0 aliphatic heterocycles. The minimum atomic E-state index is -6.07. The Hall–Kier alpha value is -3.44. The van der Waals surface area contributed by atoms with Crippen LogP contribution in [0.5, 0.6) is 0 Å². The lowest BCUT2D eigenvalue weighted by Gasteiger charge is -2.32. The van der Waals surface area contributed by atoms with Crippen LogP contribution in [0.2, 0.25) is 5.02 Å². The molecule has 0 unspecified atom stereocenters. The summed E-state index contributed by atoms with van der Waals surface area (Å²) in [4.78, 5) is 17.7. The standard InChI is InChI=1S/C24H14ClF7N2O2/c25-17-12-19-16(11-18(17)26)21(35)34(20(33-19)10-13-4-2-1-3-5-13)15-8-6-14(7-9-15)22(36,23(27,28)29)24(30,31)32/h1-9,11-12,36H,10H2. The summed E-state index contributed by atoms with van der Waals surface area (Å²) in [5.41, 5.74) is -6.85. The van der Waals surface area contributed by atoms with Gasteiger partial charge in [-0.1, -0.05) is 54.1 Å². The van der Waals surface area contributed by atoms with Gasteiger partial charge in [-0.25, -0.2) is 9.37 Å². The first-order valence-electron chi connectivity index (χ1n) is 10.2. The highest BCUT2D eigenvalue weighted by Gasteiger charge is 2.71. The normalized spacial score (nSPS) is 12.8. The molecule has 3 aromatic carbocycles. The van der Waals surface area contributed by atoms with Gasteiger partial charge in [0.25, 0.3) is 11.2 Å². The largest absolute Gasteiger partial charge is 0.430 e. The number of rotatable bonds is 4. The van der Waals surface area contributed by atoms with E-state index in [1.165, 1.54) is 0 Å². The Morgan fingerprint density at radius 2 is 1.47 bits per heavy atom. The molecule has 4 aromatic rings. The van der Waals surface area contributed by atoms with E-state index in [0.29, 0.717) is 17.7 Å². The fourth-order valence-corrected chi connectivity index (χ4v) is 3.89. The maximum atomic E-state index is 14.1. The molecule has 0 radical (unpaired) electrons. The first kappa shape index (κ1) is 25.6. The van der Waals surface area contributed by atoms with Crippen LogP contribution in [0.4, 0.5) is 30.7 Å². The third-order valence-electron chi connectivity index (χ3n) is 5.55. The summed E-state index contributed by atoms with van der Waals surface area (Å²) in [6.45, 7) is 0. The van der Waals surface area contributed by atoms with Crippen molar-refractivity contribution in [1.82, 2.24) is 9.55 Å². The average molecular weight is 531 g/mol. The number of benzene rings is 3. The van der Waals surface area contributed by atoms with Gasteiger partial charge in [0.05, 0.1) is 21.6 Å². The van der Waals surface area contributed by atoms with Crippen molar-refractivity contribution in [3.05, 3.63) is 105 Å². The molecular weight excluding hydrogens is 517 g/mol. The second kappa shape index (κ2) is 8.90. The summed E-state index contributed by atoms with van der Waals surface area (Å²) in [7, 11) is 0. The summed E-state index contributed by atoms with van der Waals surface area (Å²) in [5.74, 6) is -0.850. The Morgan fingerprint density at radius 3 is 2.03 bits per heavy atom. The van der Waals surface area contributed by atoms with Gasteiger partial charge in [0.2, 0.25) is 0 Å². The van der Waals surface area contributed by atoms with E-state index in [0.717, 1.165) is 28.8 Å². The van der Waals surface area contributed by atoms with Crippen LogP contribution < -0.4 is 5.56 Å². The lowest BCUT2D eigenvalue weighted by molar-refractivity contribution is -0.376. The number of nitrogens with zero attached hydrogens (tertiary/aromatic N) is 2. The molecule has 0 aliphatic rings. The smallest absolute Gasteiger partial charge is 0.369 e. The van der Waals surface area contributed by atoms with E-state index in [2.05, 4.69) is 4.98 Å².